The van der Waals surface area contributed by atoms with Crippen LogP contribution in [0.15, 0.2) is 0 Å². The monoisotopic (exact) mass is 381 g/mol. The normalized spacial score (nSPS) is 23.6. The minimum Gasteiger partial charge on any atom is -0.465 e. The molecule has 0 aromatic heterocycles. The fourth-order valence-corrected chi connectivity index (χ4v) is 3.83. The average Bonchev–Trinajstić information content (AvgIpc) is 2.62. The van der Waals surface area contributed by atoms with Gasteiger partial charge in [-0.15, -0.1) is 0 Å². The van der Waals surface area contributed by atoms with Crippen molar-refractivity contribution in [2.24, 2.45) is 16.7 Å². The van der Waals surface area contributed by atoms with Gasteiger partial charge in [0.2, 0.25) is 0 Å². The molecular formula is C19H27NO7. The number of carbonyl (C=O) groups excluding carboxylic acids is 4. The summed E-state index contributed by atoms with van der Waals surface area (Å²) in [5.74, 6) is -4.17. The Hall–Kier alpha value is -2.43. The lowest BCUT2D eigenvalue weighted by molar-refractivity contribution is -0.189. The van der Waals surface area contributed by atoms with Gasteiger partial charge in [0.1, 0.15) is 5.78 Å². The Morgan fingerprint density at radius 1 is 0.926 bits per heavy atom. The van der Waals surface area contributed by atoms with E-state index in [1.807, 2.05) is 6.07 Å². The Morgan fingerprint density at radius 3 is 1.81 bits per heavy atom. The summed E-state index contributed by atoms with van der Waals surface area (Å²) >= 11 is 0. The van der Waals surface area contributed by atoms with E-state index in [0.29, 0.717) is 0 Å². The fourth-order valence-electron chi connectivity index (χ4n) is 3.83. The van der Waals surface area contributed by atoms with Crippen LogP contribution in [0.3, 0.4) is 0 Å². The molecule has 0 radical (unpaired) electrons. The number of esters is 3. The molecule has 0 aliphatic heterocycles. The van der Waals surface area contributed by atoms with Gasteiger partial charge in [0.15, 0.2) is 10.8 Å². The van der Waals surface area contributed by atoms with Crippen molar-refractivity contribution in [3.8, 4) is 6.07 Å². The molecule has 1 aliphatic carbocycles. The molecular weight excluding hydrogens is 354 g/mol. The van der Waals surface area contributed by atoms with Gasteiger partial charge in [0.05, 0.1) is 25.9 Å². The second-order valence-corrected chi connectivity index (χ2v) is 6.53. The molecule has 1 fully saturated rings. The molecule has 8 heteroatoms. The van der Waals surface area contributed by atoms with Crippen LogP contribution in [0.2, 0.25) is 0 Å². The lowest BCUT2D eigenvalue weighted by atomic mass is 9.53. The molecule has 0 aromatic rings. The summed E-state index contributed by atoms with van der Waals surface area (Å²) in [5, 5.41) is 9.91. The third-order valence-corrected chi connectivity index (χ3v) is 4.94. The first-order valence-electron chi connectivity index (χ1n) is 9.19. The number of ether oxygens (including phenoxy) is 3. The number of hydrogen-bond acceptors (Lipinski definition) is 8. The zero-order valence-corrected chi connectivity index (χ0v) is 16.3. The molecule has 27 heavy (non-hydrogen) atoms. The summed E-state index contributed by atoms with van der Waals surface area (Å²) in [4.78, 5) is 50.5. The average molecular weight is 381 g/mol. The minimum absolute atomic E-state index is 0.00569. The lowest BCUT2D eigenvalue weighted by Gasteiger charge is -2.46. The van der Waals surface area contributed by atoms with Crippen molar-refractivity contribution < 1.29 is 33.4 Å². The molecule has 8 nitrogen and oxygen atoms in total. The fraction of sp³-hybridized carbons (Fsp3) is 0.737. The Morgan fingerprint density at radius 2 is 1.41 bits per heavy atom. The number of hydrogen-bond donors (Lipinski definition) is 0. The van der Waals surface area contributed by atoms with Crippen molar-refractivity contribution in [2.75, 3.05) is 19.8 Å². The highest BCUT2D eigenvalue weighted by atomic mass is 16.6. The standard InChI is InChI=1S/C19H27NO7/c1-5-25-15(22)18(12-20)9-8-10-19(16(23)26-6-2,17(24)27-7-3)14(18)11-13(4)21/h14H,5-11H2,1-4H3/t14-,18-/m1/s1. The summed E-state index contributed by atoms with van der Waals surface area (Å²) in [6.07, 6.45) is 0.0364. The molecule has 0 unspecified atom stereocenters. The van der Waals surface area contributed by atoms with E-state index in [0.717, 1.165) is 0 Å². The highest BCUT2D eigenvalue weighted by molar-refractivity contribution is 6.02. The van der Waals surface area contributed by atoms with Crippen LogP contribution in [0, 0.1) is 28.1 Å². The molecule has 1 aliphatic rings. The van der Waals surface area contributed by atoms with Gasteiger partial charge >= 0.3 is 17.9 Å². The molecule has 0 amide bonds. The van der Waals surface area contributed by atoms with Crippen LogP contribution in [-0.4, -0.2) is 43.5 Å². The molecule has 0 bridgehead atoms. The molecule has 0 aromatic carbocycles. The van der Waals surface area contributed by atoms with Crippen LogP contribution < -0.4 is 0 Å². The number of carbonyl (C=O) groups is 4. The van der Waals surface area contributed by atoms with Crippen molar-refractivity contribution >= 4 is 23.7 Å². The van der Waals surface area contributed by atoms with E-state index < -0.39 is 34.7 Å². The number of rotatable bonds is 8. The van der Waals surface area contributed by atoms with E-state index in [4.69, 9.17) is 14.2 Å². The van der Waals surface area contributed by atoms with E-state index in [1.165, 1.54) is 6.92 Å². The van der Waals surface area contributed by atoms with Crippen LogP contribution in [0.4, 0.5) is 0 Å². The van der Waals surface area contributed by atoms with Crippen LogP contribution in [0.1, 0.15) is 53.4 Å². The highest BCUT2D eigenvalue weighted by Crippen LogP contribution is 2.55. The van der Waals surface area contributed by atoms with Gasteiger partial charge in [-0.3, -0.25) is 14.4 Å². The van der Waals surface area contributed by atoms with Gasteiger partial charge < -0.3 is 19.0 Å². The molecule has 0 heterocycles. The first-order chi connectivity index (χ1) is 12.8. The summed E-state index contributed by atoms with van der Waals surface area (Å²) < 4.78 is 15.3. The third kappa shape index (κ3) is 4.12. The topological polar surface area (TPSA) is 120 Å². The maximum Gasteiger partial charge on any atom is 0.326 e. The van der Waals surface area contributed by atoms with Crippen molar-refractivity contribution in [1.82, 2.24) is 0 Å². The molecule has 1 saturated carbocycles. The molecule has 0 N–H and O–H groups in total. The Bertz CT molecular complexity index is 618. The van der Waals surface area contributed by atoms with E-state index >= 15 is 0 Å². The van der Waals surface area contributed by atoms with Crippen LogP contribution >= 0.6 is 0 Å². The Kier molecular flexibility index (Phi) is 7.95. The van der Waals surface area contributed by atoms with Gasteiger partial charge in [-0.05, 0) is 47.0 Å². The second kappa shape index (κ2) is 9.49. The zero-order chi connectivity index (χ0) is 20.7. The number of nitriles is 1. The number of Topliss-reactive ketones (excluding diaryl/α,β-unsaturated/α-hetero) is 1. The molecule has 0 spiro atoms. The predicted octanol–water partition coefficient (Wildman–Crippen LogP) is 1.95. The maximum absolute atomic E-state index is 12.9. The largest absolute Gasteiger partial charge is 0.465 e. The number of ketones is 1. The van der Waals surface area contributed by atoms with E-state index in [1.54, 1.807) is 20.8 Å². The van der Waals surface area contributed by atoms with Crippen molar-refractivity contribution in [3.63, 3.8) is 0 Å². The van der Waals surface area contributed by atoms with Crippen molar-refractivity contribution in [2.45, 2.75) is 53.4 Å². The minimum atomic E-state index is -1.90. The SMILES string of the molecule is CCOC(=O)C1(C(=O)OCC)CCC[C@](C#N)(C(=O)OCC)[C@H]1CC(C)=O. The van der Waals surface area contributed by atoms with Crippen molar-refractivity contribution in [1.29, 1.82) is 5.26 Å². The smallest absolute Gasteiger partial charge is 0.326 e. The molecule has 1 rings (SSSR count). The van der Waals surface area contributed by atoms with E-state index in [9.17, 15) is 24.4 Å². The van der Waals surface area contributed by atoms with Gasteiger partial charge in [0, 0.05) is 12.3 Å². The molecule has 0 saturated heterocycles. The van der Waals surface area contributed by atoms with Crippen LogP contribution in [-0.2, 0) is 33.4 Å². The van der Waals surface area contributed by atoms with Crippen molar-refractivity contribution in [3.05, 3.63) is 0 Å². The quantitative estimate of drug-likeness (QED) is 0.355. The first kappa shape index (κ1) is 22.6. The van der Waals surface area contributed by atoms with Crippen LogP contribution in [0.25, 0.3) is 0 Å². The van der Waals surface area contributed by atoms with E-state index in [-0.39, 0.29) is 51.3 Å². The molecule has 150 valence electrons. The summed E-state index contributed by atoms with van der Waals surface area (Å²) in [6, 6.07) is 1.96. The zero-order valence-electron chi connectivity index (χ0n) is 16.3. The summed E-state index contributed by atoms with van der Waals surface area (Å²) in [6.45, 7) is 6.09. The van der Waals surface area contributed by atoms with Gasteiger partial charge in [-0.2, -0.15) is 5.26 Å². The maximum atomic E-state index is 12.9. The predicted molar refractivity (Wildman–Crippen MR) is 93.0 cm³/mol. The van der Waals surface area contributed by atoms with Gasteiger partial charge in [-0.1, -0.05) is 0 Å². The first-order valence-corrected chi connectivity index (χ1v) is 9.19. The Balaban J connectivity index is 3.68. The Labute approximate surface area is 159 Å². The number of nitrogens with zero attached hydrogens (tertiary/aromatic N) is 1. The highest BCUT2D eigenvalue weighted by Gasteiger charge is 2.67. The van der Waals surface area contributed by atoms with Crippen LogP contribution in [0.5, 0.6) is 0 Å². The van der Waals surface area contributed by atoms with E-state index in [2.05, 4.69) is 0 Å². The molecule has 2 atom stereocenters. The van der Waals surface area contributed by atoms with Gasteiger partial charge in [0.25, 0.3) is 0 Å². The lowest BCUT2D eigenvalue weighted by Crippen LogP contribution is -2.59. The van der Waals surface area contributed by atoms with Gasteiger partial charge in [-0.25, -0.2) is 0 Å². The second-order valence-electron chi connectivity index (χ2n) is 6.53. The summed E-state index contributed by atoms with van der Waals surface area (Å²) in [5.41, 5.74) is -3.71. The summed E-state index contributed by atoms with van der Waals surface area (Å²) in [7, 11) is 0. The third-order valence-electron chi connectivity index (χ3n) is 4.94.